The second-order valence-corrected chi connectivity index (χ2v) is 10.7. The maximum Gasteiger partial charge on any atom is 0.317 e. The van der Waals surface area contributed by atoms with Crippen LogP contribution in [0.1, 0.15) is 55.6 Å². The van der Waals surface area contributed by atoms with Gasteiger partial charge < -0.3 is 15.2 Å². The normalized spacial score (nSPS) is 24.9. The summed E-state index contributed by atoms with van der Waals surface area (Å²) >= 11 is 6.26. The topological polar surface area (TPSA) is 51.4 Å². The first-order valence-electron chi connectivity index (χ1n) is 12.5. The van der Waals surface area contributed by atoms with Crippen LogP contribution in [0.2, 0.25) is 5.02 Å². The molecule has 1 unspecified atom stereocenters. The number of nitrogens with zero attached hydrogens (tertiary/aromatic N) is 2. The Balaban J connectivity index is 0.00000289. The van der Waals surface area contributed by atoms with E-state index < -0.39 is 0 Å². The molecule has 1 aliphatic carbocycles. The number of H-pyrrole nitrogens is 1. The number of rotatable bonds is 4. The summed E-state index contributed by atoms with van der Waals surface area (Å²) in [6.07, 6.45) is 8.30. The number of aromatic amines is 1. The van der Waals surface area contributed by atoms with Crippen molar-refractivity contribution in [1.82, 2.24) is 20.1 Å². The number of likely N-dealkylation sites (tertiary alicyclic amines) is 1. The zero-order valence-corrected chi connectivity index (χ0v) is 22.2. The smallest absolute Gasteiger partial charge is 0.317 e. The summed E-state index contributed by atoms with van der Waals surface area (Å²) in [7, 11) is 4.36. The van der Waals surface area contributed by atoms with E-state index in [2.05, 4.69) is 65.8 Å². The number of benzene rings is 2. The summed E-state index contributed by atoms with van der Waals surface area (Å²) in [5.74, 6) is 0.331. The van der Waals surface area contributed by atoms with Crippen LogP contribution in [0.3, 0.4) is 0 Å². The minimum atomic E-state index is 0. The highest BCUT2D eigenvalue weighted by Gasteiger charge is 2.39. The molecular formula is C28H36Cl2N4O. The van der Waals surface area contributed by atoms with Gasteiger partial charge in [0, 0.05) is 52.7 Å². The maximum atomic E-state index is 13.2. The molecule has 2 heterocycles. The van der Waals surface area contributed by atoms with E-state index in [4.69, 9.17) is 11.6 Å². The van der Waals surface area contributed by atoms with E-state index in [0.29, 0.717) is 5.92 Å². The molecule has 1 aromatic heterocycles. The van der Waals surface area contributed by atoms with Crippen LogP contribution in [0, 0.1) is 0 Å². The van der Waals surface area contributed by atoms with Gasteiger partial charge in [-0.25, -0.2) is 4.79 Å². The number of carbonyl (C=O) groups is 1. The number of carbonyl (C=O) groups excluding carboxylic acids is 1. The second kappa shape index (κ2) is 10.8. The fourth-order valence-corrected chi connectivity index (χ4v) is 6.29. The molecule has 0 radical (unpaired) electrons. The lowest BCUT2D eigenvalue weighted by molar-refractivity contribution is 0.0848. The third-order valence-electron chi connectivity index (χ3n) is 8.13. The van der Waals surface area contributed by atoms with Crippen LogP contribution in [-0.4, -0.2) is 54.0 Å². The highest BCUT2D eigenvalue weighted by atomic mass is 35.5. The van der Waals surface area contributed by atoms with Gasteiger partial charge >= 0.3 is 6.03 Å². The molecular weight excluding hydrogens is 479 g/mol. The molecule has 2 fully saturated rings. The van der Waals surface area contributed by atoms with Crippen LogP contribution in [0.15, 0.2) is 54.7 Å². The summed E-state index contributed by atoms with van der Waals surface area (Å²) in [5.41, 5.74) is 3.80. The second-order valence-electron chi connectivity index (χ2n) is 10.2. The largest absolute Gasteiger partial charge is 0.361 e. The molecule has 2 aromatic carbocycles. The molecule has 35 heavy (non-hydrogen) atoms. The van der Waals surface area contributed by atoms with Gasteiger partial charge in [0.15, 0.2) is 0 Å². The number of amides is 2. The summed E-state index contributed by atoms with van der Waals surface area (Å²) < 4.78 is 0. The van der Waals surface area contributed by atoms with Crippen molar-refractivity contribution < 1.29 is 4.79 Å². The van der Waals surface area contributed by atoms with Crippen molar-refractivity contribution in [1.29, 1.82) is 0 Å². The predicted molar refractivity (Wildman–Crippen MR) is 147 cm³/mol. The summed E-state index contributed by atoms with van der Waals surface area (Å²) in [5, 5.41) is 5.29. The zero-order valence-electron chi connectivity index (χ0n) is 20.6. The van der Waals surface area contributed by atoms with Gasteiger partial charge in [0.25, 0.3) is 0 Å². The SMILES string of the molecule is CN(C)C1(c2ccccc2)CCC(NC(=O)N2CCCC(c3c[nH]c4ccc(Cl)cc34)C2)CC1.Cl. The third kappa shape index (κ3) is 5.18. The van der Waals surface area contributed by atoms with Gasteiger partial charge in [0.1, 0.15) is 0 Å². The fourth-order valence-electron chi connectivity index (χ4n) is 6.12. The third-order valence-corrected chi connectivity index (χ3v) is 8.37. The molecule has 1 saturated heterocycles. The number of hydrogen-bond donors (Lipinski definition) is 2. The van der Waals surface area contributed by atoms with E-state index >= 15 is 0 Å². The fraction of sp³-hybridized carbons (Fsp3) is 0.464. The molecule has 3 aromatic rings. The van der Waals surface area contributed by atoms with Gasteiger partial charge in [-0.05, 0) is 81.9 Å². The summed E-state index contributed by atoms with van der Waals surface area (Å²) in [6, 6.07) is 17.1. The Hall–Kier alpha value is -2.21. The highest BCUT2D eigenvalue weighted by molar-refractivity contribution is 6.31. The van der Waals surface area contributed by atoms with Crippen molar-refractivity contribution in [3.05, 3.63) is 70.9 Å². The van der Waals surface area contributed by atoms with E-state index in [-0.39, 0.29) is 30.0 Å². The first-order valence-corrected chi connectivity index (χ1v) is 12.9. The van der Waals surface area contributed by atoms with Crippen molar-refractivity contribution in [3.8, 4) is 0 Å². The number of hydrogen-bond acceptors (Lipinski definition) is 2. The minimum absolute atomic E-state index is 0. The van der Waals surface area contributed by atoms with E-state index in [0.717, 1.165) is 62.2 Å². The Morgan fingerprint density at radius 1 is 1.11 bits per heavy atom. The lowest BCUT2D eigenvalue weighted by Gasteiger charge is -2.46. The Bertz CT molecular complexity index is 1140. The molecule has 1 saturated carbocycles. The molecule has 2 N–H and O–H groups in total. The molecule has 1 atom stereocenters. The number of piperidine rings is 1. The molecule has 188 valence electrons. The molecule has 2 amide bonds. The first-order chi connectivity index (χ1) is 16.5. The quantitative estimate of drug-likeness (QED) is 0.415. The van der Waals surface area contributed by atoms with Gasteiger partial charge in [-0.1, -0.05) is 41.9 Å². The molecule has 2 aliphatic rings. The van der Waals surface area contributed by atoms with Gasteiger partial charge in [-0.15, -0.1) is 12.4 Å². The van der Waals surface area contributed by atoms with Crippen LogP contribution in [0.4, 0.5) is 4.79 Å². The van der Waals surface area contributed by atoms with Crippen LogP contribution < -0.4 is 5.32 Å². The highest BCUT2D eigenvalue weighted by Crippen LogP contribution is 2.41. The van der Waals surface area contributed by atoms with Gasteiger partial charge in [0.05, 0.1) is 0 Å². The van der Waals surface area contributed by atoms with Gasteiger partial charge in [-0.2, -0.15) is 0 Å². The van der Waals surface area contributed by atoms with E-state index in [1.54, 1.807) is 0 Å². The van der Waals surface area contributed by atoms with Crippen LogP contribution >= 0.6 is 24.0 Å². The summed E-state index contributed by atoms with van der Waals surface area (Å²) in [6.45, 7) is 1.58. The van der Waals surface area contributed by atoms with E-state index in [1.807, 2.05) is 23.1 Å². The number of aromatic nitrogens is 1. The molecule has 5 rings (SSSR count). The van der Waals surface area contributed by atoms with Crippen LogP contribution in [-0.2, 0) is 5.54 Å². The number of nitrogens with one attached hydrogen (secondary N) is 2. The van der Waals surface area contributed by atoms with Crippen molar-refractivity contribution >= 4 is 40.9 Å². The zero-order chi connectivity index (χ0) is 23.7. The van der Waals surface area contributed by atoms with Crippen LogP contribution in [0.25, 0.3) is 10.9 Å². The minimum Gasteiger partial charge on any atom is -0.361 e. The standard InChI is InChI=1S/C28H35ClN4O.ClH/c1-32(2)28(21-8-4-3-5-9-21)14-12-23(13-15-28)31-27(34)33-16-6-7-20(19-33)25-18-30-26-11-10-22(29)17-24(25)26;/h3-5,8-11,17-18,20,23,30H,6-7,12-16,19H2,1-2H3,(H,31,34);1H. The Morgan fingerprint density at radius 2 is 1.86 bits per heavy atom. The van der Waals surface area contributed by atoms with Crippen molar-refractivity contribution in [2.45, 2.75) is 56.0 Å². The monoisotopic (exact) mass is 514 g/mol. The lowest BCUT2D eigenvalue weighted by atomic mass is 9.74. The van der Waals surface area contributed by atoms with Gasteiger partial charge in [-0.3, -0.25) is 4.90 Å². The molecule has 7 heteroatoms. The number of halogens is 2. The number of urea groups is 1. The van der Waals surface area contributed by atoms with Gasteiger partial charge in [0.2, 0.25) is 0 Å². The molecule has 0 bridgehead atoms. The van der Waals surface area contributed by atoms with Crippen molar-refractivity contribution in [2.75, 3.05) is 27.2 Å². The van der Waals surface area contributed by atoms with Crippen molar-refractivity contribution in [3.63, 3.8) is 0 Å². The summed E-state index contributed by atoms with van der Waals surface area (Å²) in [4.78, 5) is 21.0. The number of fused-ring (bicyclic) bond motifs is 1. The lowest BCUT2D eigenvalue weighted by Crippen LogP contribution is -2.52. The Labute approximate surface area is 219 Å². The first kappa shape index (κ1) is 25.9. The van der Waals surface area contributed by atoms with E-state index in [9.17, 15) is 4.79 Å². The van der Waals surface area contributed by atoms with E-state index in [1.165, 1.54) is 16.5 Å². The average Bonchev–Trinajstić information content (AvgIpc) is 3.28. The van der Waals surface area contributed by atoms with Crippen molar-refractivity contribution in [2.24, 2.45) is 0 Å². The predicted octanol–water partition coefficient (Wildman–Crippen LogP) is 6.53. The average molecular weight is 516 g/mol. The Morgan fingerprint density at radius 3 is 2.57 bits per heavy atom. The van der Waals surface area contributed by atoms with Crippen LogP contribution in [0.5, 0.6) is 0 Å². The Kier molecular flexibility index (Phi) is 7.99. The maximum absolute atomic E-state index is 13.2. The molecule has 1 aliphatic heterocycles. The molecule has 5 nitrogen and oxygen atoms in total. The molecule has 0 spiro atoms.